The van der Waals surface area contributed by atoms with Crippen molar-refractivity contribution in [2.75, 3.05) is 0 Å². The lowest BCUT2D eigenvalue weighted by Gasteiger charge is -2.02. The number of hydrogen-bond acceptors (Lipinski definition) is 2. The fourth-order valence-corrected chi connectivity index (χ4v) is 1.16. The van der Waals surface area contributed by atoms with E-state index >= 15 is 0 Å². The Labute approximate surface area is 82.5 Å². The first-order valence-corrected chi connectivity index (χ1v) is 4.13. The van der Waals surface area contributed by atoms with Crippen LogP contribution < -0.4 is 5.73 Å². The van der Waals surface area contributed by atoms with Gasteiger partial charge in [-0.15, -0.1) is 0 Å². The maximum absolute atomic E-state index is 10.9. The predicted molar refractivity (Wildman–Crippen MR) is 53.8 cm³/mol. The van der Waals surface area contributed by atoms with E-state index in [4.69, 9.17) is 11.0 Å². The molecule has 0 heterocycles. The van der Waals surface area contributed by atoms with Crippen LogP contribution in [-0.4, -0.2) is 5.91 Å². The lowest BCUT2D eigenvalue weighted by Crippen LogP contribution is -2.13. The third kappa shape index (κ3) is 1.99. The minimum Gasteiger partial charge on any atom is -0.365 e. The number of benzene rings is 1. The van der Waals surface area contributed by atoms with Gasteiger partial charge in [0.25, 0.3) is 5.91 Å². The molecule has 0 saturated carbocycles. The molecule has 1 aromatic carbocycles. The molecule has 14 heavy (non-hydrogen) atoms. The Balaban J connectivity index is 3.23. The van der Waals surface area contributed by atoms with Gasteiger partial charge in [-0.05, 0) is 18.1 Å². The average Bonchev–Trinajstić information content (AvgIpc) is 2.19. The van der Waals surface area contributed by atoms with Crippen LogP contribution in [0.25, 0.3) is 5.57 Å². The number of carbonyl (C=O) groups is 1. The molecule has 0 radical (unpaired) electrons. The number of allylic oxidation sites excluding steroid dienone is 1. The van der Waals surface area contributed by atoms with Gasteiger partial charge in [0.15, 0.2) is 0 Å². The van der Waals surface area contributed by atoms with Crippen molar-refractivity contribution in [1.29, 1.82) is 5.26 Å². The molecule has 0 aliphatic rings. The number of carbonyl (C=O) groups excluding carboxylic acids is 1. The second-order valence-electron chi connectivity index (χ2n) is 2.84. The third-order valence-corrected chi connectivity index (χ3v) is 1.94. The summed E-state index contributed by atoms with van der Waals surface area (Å²) in [5, 5.41) is 8.72. The van der Waals surface area contributed by atoms with E-state index in [-0.39, 0.29) is 5.57 Å². The van der Waals surface area contributed by atoms with Crippen molar-refractivity contribution in [1.82, 2.24) is 0 Å². The summed E-state index contributed by atoms with van der Waals surface area (Å²) in [6.07, 6.45) is 0. The Morgan fingerprint density at radius 2 is 1.93 bits per heavy atom. The van der Waals surface area contributed by atoms with Crippen molar-refractivity contribution in [3.63, 3.8) is 0 Å². The molecule has 3 heteroatoms. The van der Waals surface area contributed by atoms with Gasteiger partial charge in [-0.1, -0.05) is 30.3 Å². The maximum atomic E-state index is 10.9. The molecule has 0 spiro atoms. The van der Waals surface area contributed by atoms with Crippen LogP contribution in [0.15, 0.2) is 35.9 Å². The van der Waals surface area contributed by atoms with Gasteiger partial charge in [-0.3, -0.25) is 4.79 Å². The van der Waals surface area contributed by atoms with Gasteiger partial charge < -0.3 is 5.73 Å². The summed E-state index contributed by atoms with van der Waals surface area (Å²) in [6, 6.07) is 11.0. The first kappa shape index (κ1) is 10.0. The van der Waals surface area contributed by atoms with E-state index in [2.05, 4.69) is 0 Å². The first-order chi connectivity index (χ1) is 6.66. The monoisotopic (exact) mass is 186 g/mol. The van der Waals surface area contributed by atoms with Crippen LogP contribution in [0.5, 0.6) is 0 Å². The highest BCUT2D eigenvalue weighted by atomic mass is 16.1. The van der Waals surface area contributed by atoms with Gasteiger partial charge in [0.1, 0.15) is 11.6 Å². The van der Waals surface area contributed by atoms with Gasteiger partial charge in [-0.25, -0.2) is 0 Å². The highest BCUT2D eigenvalue weighted by Crippen LogP contribution is 2.16. The summed E-state index contributed by atoms with van der Waals surface area (Å²) >= 11 is 0. The number of nitriles is 1. The van der Waals surface area contributed by atoms with Crippen molar-refractivity contribution in [3.8, 4) is 6.07 Å². The zero-order valence-corrected chi connectivity index (χ0v) is 7.82. The summed E-state index contributed by atoms with van der Waals surface area (Å²) in [6.45, 7) is 1.71. The van der Waals surface area contributed by atoms with Crippen LogP contribution >= 0.6 is 0 Å². The molecule has 70 valence electrons. The largest absolute Gasteiger partial charge is 0.365 e. The van der Waals surface area contributed by atoms with Gasteiger partial charge in [0.05, 0.1) is 0 Å². The van der Waals surface area contributed by atoms with Crippen LogP contribution in [0.2, 0.25) is 0 Å². The number of amides is 1. The Bertz CT molecular complexity index is 413. The van der Waals surface area contributed by atoms with E-state index in [9.17, 15) is 4.79 Å². The number of nitrogens with zero attached hydrogens (tertiary/aromatic N) is 1. The molecule has 0 bridgehead atoms. The van der Waals surface area contributed by atoms with Gasteiger partial charge in [0, 0.05) is 0 Å². The molecule has 1 rings (SSSR count). The van der Waals surface area contributed by atoms with E-state index in [1.165, 1.54) is 0 Å². The Morgan fingerprint density at radius 3 is 2.36 bits per heavy atom. The molecule has 0 atom stereocenters. The molecule has 3 nitrogen and oxygen atoms in total. The summed E-state index contributed by atoms with van der Waals surface area (Å²) < 4.78 is 0. The molecule has 0 aromatic heterocycles. The van der Waals surface area contributed by atoms with Crippen LogP contribution in [0.3, 0.4) is 0 Å². The molecule has 0 unspecified atom stereocenters. The Morgan fingerprint density at radius 1 is 1.36 bits per heavy atom. The zero-order chi connectivity index (χ0) is 10.6. The standard InChI is InChI=1S/C11H10N2O/c1-8(10(7-12)11(13)14)9-5-3-2-4-6-9/h2-6H,1H3,(H2,13,14)/b10-8+. The minimum absolute atomic E-state index is 0.0104. The van der Waals surface area contributed by atoms with Crippen LogP contribution in [0.1, 0.15) is 12.5 Å². The molecule has 2 N–H and O–H groups in total. The van der Waals surface area contributed by atoms with E-state index in [1.54, 1.807) is 13.0 Å². The summed E-state index contributed by atoms with van der Waals surface area (Å²) in [5.74, 6) is -0.686. The smallest absolute Gasteiger partial charge is 0.259 e. The highest BCUT2D eigenvalue weighted by molar-refractivity contribution is 6.03. The van der Waals surface area contributed by atoms with E-state index < -0.39 is 5.91 Å². The summed E-state index contributed by atoms with van der Waals surface area (Å²) in [5.41, 5.74) is 6.52. The lowest BCUT2D eigenvalue weighted by molar-refractivity contribution is -0.114. The SMILES string of the molecule is C/C(=C(/C#N)C(N)=O)c1ccccc1. The number of rotatable bonds is 2. The van der Waals surface area contributed by atoms with Crippen molar-refractivity contribution in [2.24, 2.45) is 5.73 Å². The molecule has 1 amide bonds. The molecule has 0 fully saturated rings. The van der Waals surface area contributed by atoms with Crippen molar-refractivity contribution >= 4 is 11.5 Å². The molecule has 0 saturated heterocycles. The fourth-order valence-electron chi connectivity index (χ4n) is 1.16. The van der Waals surface area contributed by atoms with E-state index in [0.29, 0.717) is 5.57 Å². The van der Waals surface area contributed by atoms with Crippen LogP contribution in [0.4, 0.5) is 0 Å². The minimum atomic E-state index is -0.686. The van der Waals surface area contributed by atoms with Crippen LogP contribution in [-0.2, 0) is 4.79 Å². The van der Waals surface area contributed by atoms with Gasteiger partial charge in [-0.2, -0.15) is 5.26 Å². The second-order valence-corrected chi connectivity index (χ2v) is 2.84. The number of hydrogen-bond donors (Lipinski definition) is 1. The van der Waals surface area contributed by atoms with Crippen molar-refractivity contribution in [2.45, 2.75) is 6.92 Å². The first-order valence-electron chi connectivity index (χ1n) is 4.13. The number of nitrogens with two attached hydrogens (primary N) is 1. The fraction of sp³-hybridized carbons (Fsp3) is 0.0909. The van der Waals surface area contributed by atoms with E-state index in [1.807, 2.05) is 30.3 Å². The third-order valence-electron chi connectivity index (χ3n) is 1.94. The Kier molecular flexibility index (Phi) is 3.03. The molecular weight excluding hydrogens is 176 g/mol. The Hall–Kier alpha value is -2.08. The quantitative estimate of drug-likeness (QED) is 0.561. The van der Waals surface area contributed by atoms with Crippen molar-refractivity contribution < 1.29 is 4.79 Å². The summed E-state index contributed by atoms with van der Waals surface area (Å²) in [4.78, 5) is 10.9. The molecule has 0 aliphatic carbocycles. The number of primary amides is 1. The van der Waals surface area contributed by atoms with Gasteiger partial charge in [0.2, 0.25) is 0 Å². The lowest BCUT2D eigenvalue weighted by atomic mass is 10.0. The van der Waals surface area contributed by atoms with Crippen molar-refractivity contribution in [3.05, 3.63) is 41.5 Å². The molecule has 1 aromatic rings. The van der Waals surface area contributed by atoms with E-state index in [0.717, 1.165) is 5.56 Å². The topological polar surface area (TPSA) is 66.9 Å². The summed E-state index contributed by atoms with van der Waals surface area (Å²) in [7, 11) is 0. The van der Waals surface area contributed by atoms with Gasteiger partial charge >= 0.3 is 0 Å². The normalized spacial score (nSPS) is 11.4. The zero-order valence-electron chi connectivity index (χ0n) is 7.82. The second kappa shape index (κ2) is 4.24. The van der Waals surface area contributed by atoms with Crippen LogP contribution in [0, 0.1) is 11.3 Å². The highest BCUT2D eigenvalue weighted by Gasteiger charge is 2.09. The predicted octanol–water partition coefficient (Wildman–Crippen LogP) is 1.47. The molecule has 0 aliphatic heterocycles. The maximum Gasteiger partial charge on any atom is 0.259 e. The molecular formula is C11H10N2O. The average molecular weight is 186 g/mol.